The van der Waals surface area contributed by atoms with Crippen LogP contribution in [0.5, 0.6) is 5.75 Å². The van der Waals surface area contributed by atoms with Crippen LogP contribution in [0.4, 0.5) is 0 Å². The van der Waals surface area contributed by atoms with Crippen molar-refractivity contribution in [3.8, 4) is 5.75 Å². The van der Waals surface area contributed by atoms with Crippen molar-refractivity contribution in [2.24, 2.45) is 0 Å². The van der Waals surface area contributed by atoms with E-state index in [4.69, 9.17) is 21.1 Å². The molecule has 2 aromatic rings. The van der Waals surface area contributed by atoms with E-state index in [1.165, 1.54) is 30.4 Å². The van der Waals surface area contributed by atoms with E-state index < -0.39 is 0 Å². The molecule has 148 valence electrons. The molecule has 0 radical (unpaired) electrons. The topological polar surface area (TPSA) is 38.8 Å². The highest BCUT2D eigenvalue weighted by molar-refractivity contribution is 6.34. The van der Waals surface area contributed by atoms with E-state index in [2.05, 4.69) is 12.1 Å². The van der Waals surface area contributed by atoms with Gasteiger partial charge in [-0.1, -0.05) is 29.8 Å². The van der Waals surface area contributed by atoms with Gasteiger partial charge in [0.05, 0.1) is 23.7 Å². The van der Waals surface area contributed by atoms with Gasteiger partial charge in [0.1, 0.15) is 18.5 Å². The third kappa shape index (κ3) is 4.18. The number of carbonyl (C=O) groups is 1. The Bertz CT molecular complexity index is 847. The van der Waals surface area contributed by atoms with Crippen LogP contribution >= 0.6 is 11.6 Å². The minimum atomic E-state index is -0.142. The van der Waals surface area contributed by atoms with Crippen LogP contribution in [0.25, 0.3) is 0 Å². The van der Waals surface area contributed by atoms with Gasteiger partial charge < -0.3 is 14.4 Å². The summed E-state index contributed by atoms with van der Waals surface area (Å²) in [6.07, 6.45) is 4.68. The van der Waals surface area contributed by atoms with Gasteiger partial charge in [-0.2, -0.15) is 0 Å². The van der Waals surface area contributed by atoms with Crippen molar-refractivity contribution in [3.63, 3.8) is 0 Å². The summed E-state index contributed by atoms with van der Waals surface area (Å²) in [7, 11) is 0. The lowest BCUT2D eigenvalue weighted by molar-refractivity contribution is -0.0401. The van der Waals surface area contributed by atoms with E-state index in [0.717, 1.165) is 17.7 Å². The molecule has 0 aromatic heterocycles. The first-order valence-electron chi connectivity index (χ1n) is 10.0. The number of aryl methyl sites for hydroxylation is 3. The fourth-order valence-electron chi connectivity index (χ4n) is 4.05. The summed E-state index contributed by atoms with van der Waals surface area (Å²) in [6, 6.07) is 11.9. The Hall–Kier alpha value is -2.04. The summed E-state index contributed by atoms with van der Waals surface area (Å²) < 4.78 is 11.8. The van der Waals surface area contributed by atoms with Gasteiger partial charge in [0.15, 0.2) is 0 Å². The molecule has 28 heavy (non-hydrogen) atoms. The van der Waals surface area contributed by atoms with Crippen LogP contribution in [0.1, 0.15) is 39.9 Å². The van der Waals surface area contributed by atoms with Crippen LogP contribution < -0.4 is 4.74 Å². The molecule has 1 aliphatic carbocycles. The maximum absolute atomic E-state index is 13.0. The van der Waals surface area contributed by atoms with Crippen LogP contribution in [-0.2, 0) is 17.6 Å². The molecular weight excluding hydrogens is 374 g/mol. The molecule has 5 heteroatoms. The van der Waals surface area contributed by atoms with Crippen molar-refractivity contribution in [1.29, 1.82) is 0 Å². The molecular formula is C23H26ClNO3. The number of carbonyl (C=O) groups excluding carboxylic acids is 1. The zero-order valence-electron chi connectivity index (χ0n) is 16.2. The van der Waals surface area contributed by atoms with E-state index in [0.29, 0.717) is 36.9 Å². The molecule has 2 aliphatic rings. The molecule has 0 spiro atoms. The smallest absolute Gasteiger partial charge is 0.255 e. The Labute approximate surface area is 171 Å². The number of nitrogens with zero attached hydrogens (tertiary/aromatic N) is 1. The maximum atomic E-state index is 13.0. The number of rotatable bonds is 4. The SMILES string of the molecule is Cc1cccc(Cl)c1C(=O)N1CCOC(COc2ccc3c(c2)CCCC3)C1. The highest BCUT2D eigenvalue weighted by atomic mass is 35.5. The van der Waals surface area contributed by atoms with Gasteiger partial charge in [0.2, 0.25) is 0 Å². The van der Waals surface area contributed by atoms with E-state index in [1.54, 1.807) is 6.07 Å². The lowest BCUT2D eigenvalue weighted by Crippen LogP contribution is -2.47. The average Bonchev–Trinajstić information content (AvgIpc) is 2.72. The fourth-order valence-corrected chi connectivity index (χ4v) is 4.36. The maximum Gasteiger partial charge on any atom is 0.255 e. The number of fused-ring (bicyclic) bond motifs is 1. The van der Waals surface area contributed by atoms with E-state index in [-0.39, 0.29) is 12.0 Å². The van der Waals surface area contributed by atoms with Crippen molar-refractivity contribution >= 4 is 17.5 Å². The second-order valence-corrected chi connectivity index (χ2v) is 8.03. The number of halogens is 1. The zero-order chi connectivity index (χ0) is 19.5. The van der Waals surface area contributed by atoms with Gasteiger partial charge in [-0.25, -0.2) is 0 Å². The Morgan fingerprint density at radius 3 is 2.86 bits per heavy atom. The monoisotopic (exact) mass is 399 g/mol. The second-order valence-electron chi connectivity index (χ2n) is 7.62. The van der Waals surface area contributed by atoms with Crippen LogP contribution in [0.2, 0.25) is 5.02 Å². The number of morpholine rings is 1. The molecule has 1 saturated heterocycles. The van der Waals surface area contributed by atoms with Crippen LogP contribution in [0.3, 0.4) is 0 Å². The number of hydrogen-bond acceptors (Lipinski definition) is 3. The molecule has 1 heterocycles. The van der Waals surface area contributed by atoms with Crippen molar-refractivity contribution in [2.75, 3.05) is 26.3 Å². The summed E-state index contributed by atoms with van der Waals surface area (Å²) in [5.41, 5.74) is 4.32. The highest BCUT2D eigenvalue weighted by Gasteiger charge is 2.27. The van der Waals surface area contributed by atoms with E-state index in [1.807, 2.05) is 30.0 Å². The Balaban J connectivity index is 1.38. The standard InChI is InChI=1S/C23H26ClNO3/c1-16-5-4-8-21(24)22(16)23(26)25-11-12-27-20(14-25)15-28-19-10-9-17-6-2-3-7-18(17)13-19/h4-5,8-10,13,20H,2-3,6-7,11-12,14-15H2,1H3. The lowest BCUT2D eigenvalue weighted by Gasteiger charge is -2.33. The molecule has 4 rings (SSSR count). The molecule has 1 amide bonds. The van der Waals surface area contributed by atoms with Crippen molar-refractivity contribution in [2.45, 2.75) is 38.7 Å². The number of ether oxygens (including phenoxy) is 2. The van der Waals surface area contributed by atoms with Crippen molar-refractivity contribution in [1.82, 2.24) is 4.90 Å². The van der Waals surface area contributed by atoms with E-state index in [9.17, 15) is 4.79 Å². The third-order valence-corrected chi connectivity index (χ3v) is 5.93. The van der Waals surface area contributed by atoms with Crippen LogP contribution in [0, 0.1) is 6.92 Å². The van der Waals surface area contributed by atoms with Crippen LogP contribution in [-0.4, -0.2) is 43.2 Å². The molecule has 0 saturated carbocycles. The number of hydrogen-bond donors (Lipinski definition) is 0. The second kappa shape index (κ2) is 8.54. The summed E-state index contributed by atoms with van der Waals surface area (Å²) in [4.78, 5) is 14.8. The Kier molecular flexibility index (Phi) is 5.88. The van der Waals surface area contributed by atoms with E-state index >= 15 is 0 Å². The molecule has 1 fully saturated rings. The molecule has 1 atom stereocenters. The summed E-state index contributed by atoms with van der Waals surface area (Å²) in [6.45, 7) is 3.93. The molecule has 1 unspecified atom stereocenters. The largest absolute Gasteiger partial charge is 0.491 e. The Morgan fingerprint density at radius 1 is 1.21 bits per heavy atom. The fraction of sp³-hybridized carbons (Fsp3) is 0.435. The molecule has 0 bridgehead atoms. The molecule has 1 aliphatic heterocycles. The minimum Gasteiger partial charge on any atom is -0.491 e. The third-order valence-electron chi connectivity index (χ3n) is 5.62. The average molecular weight is 400 g/mol. The van der Waals surface area contributed by atoms with Crippen molar-refractivity contribution in [3.05, 3.63) is 63.7 Å². The molecule has 0 N–H and O–H groups in total. The number of benzene rings is 2. The predicted octanol–water partition coefficient (Wildman–Crippen LogP) is 4.45. The first-order chi connectivity index (χ1) is 13.6. The van der Waals surface area contributed by atoms with Gasteiger partial charge in [-0.3, -0.25) is 4.79 Å². The molecule has 2 aromatic carbocycles. The first-order valence-corrected chi connectivity index (χ1v) is 10.4. The van der Waals surface area contributed by atoms with Gasteiger partial charge in [0, 0.05) is 6.54 Å². The summed E-state index contributed by atoms with van der Waals surface area (Å²) >= 11 is 6.28. The highest BCUT2D eigenvalue weighted by Crippen LogP contribution is 2.26. The van der Waals surface area contributed by atoms with Gasteiger partial charge >= 0.3 is 0 Å². The summed E-state index contributed by atoms with van der Waals surface area (Å²) in [5, 5.41) is 0.498. The Morgan fingerprint density at radius 2 is 2.04 bits per heavy atom. The zero-order valence-corrected chi connectivity index (χ0v) is 17.0. The number of amides is 1. The predicted molar refractivity (Wildman–Crippen MR) is 110 cm³/mol. The normalized spacial score (nSPS) is 19.2. The van der Waals surface area contributed by atoms with Gasteiger partial charge in [-0.15, -0.1) is 0 Å². The first kappa shape index (κ1) is 19.3. The summed E-state index contributed by atoms with van der Waals surface area (Å²) in [5.74, 6) is 0.847. The molecule has 4 nitrogen and oxygen atoms in total. The lowest BCUT2D eigenvalue weighted by atomic mass is 9.92. The van der Waals surface area contributed by atoms with Gasteiger partial charge in [-0.05, 0) is 67.5 Å². The van der Waals surface area contributed by atoms with Gasteiger partial charge in [0.25, 0.3) is 5.91 Å². The minimum absolute atomic E-state index is 0.0369. The van der Waals surface area contributed by atoms with Crippen molar-refractivity contribution < 1.29 is 14.3 Å². The van der Waals surface area contributed by atoms with Crippen LogP contribution in [0.15, 0.2) is 36.4 Å². The quantitative estimate of drug-likeness (QED) is 0.762.